The smallest absolute Gasteiger partial charge is 0.306 e. The molecule has 0 aliphatic carbocycles. The number of carbonyl (C=O) groups is 1. The molecule has 2 aliphatic heterocycles. The second kappa shape index (κ2) is 9.62. The van der Waals surface area contributed by atoms with E-state index in [1.165, 1.54) is 12.3 Å². The monoisotopic (exact) mass is 481 g/mol. The van der Waals surface area contributed by atoms with E-state index in [0.717, 1.165) is 16.3 Å². The van der Waals surface area contributed by atoms with Gasteiger partial charge in [0.1, 0.15) is 24.4 Å². The molecule has 168 valence electrons. The molecule has 2 aliphatic rings. The largest absolute Gasteiger partial charge is 0.573 e. The average Bonchev–Trinajstić information content (AvgIpc) is 3.10. The van der Waals surface area contributed by atoms with Gasteiger partial charge in [-0.25, -0.2) is 9.18 Å². The van der Waals surface area contributed by atoms with Crippen LogP contribution >= 0.6 is 19.9 Å². The van der Waals surface area contributed by atoms with Crippen molar-refractivity contribution < 1.29 is 27.6 Å². The van der Waals surface area contributed by atoms with Gasteiger partial charge in [-0.05, 0) is 18.2 Å². The van der Waals surface area contributed by atoms with Crippen molar-refractivity contribution in [2.45, 2.75) is 29.3 Å². The summed E-state index contributed by atoms with van der Waals surface area (Å²) in [7, 11) is -3.74. The summed E-state index contributed by atoms with van der Waals surface area (Å²) in [5.74, 6) is -0.383. The fraction of sp³-hybridized carbons (Fsp3) is 0.368. The minimum Gasteiger partial charge on any atom is -0.306 e. The number of nitrogens with one attached hydrogen (secondary N) is 1. The van der Waals surface area contributed by atoms with Gasteiger partial charge < -0.3 is 5.32 Å². The number of aromatic nitrogens is 2. The molecule has 2 aromatic rings. The van der Waals surface area contributed by atoms with Gasteiger partial charge in [0.15, 0.2) is 12.3 Å². The van der Waals surface area contributed by atoms with Gasteiger partial charge in [-0.15, -0.1) is 16.3 Å². The third-order valence-corrected chi connectivity index (χ3v) is 7.79. The number of carbonyl (C=O) groups excluding carboxylic acids is 1. The Morgan fingerprint density at radius 3 is 2.94 bits per heavy atom. The van der Waals surface area contributed by atoms with E-state index in [2.05, 4.69) is 10.3 Å². The van der Waals surface area contributed by atoms with Crippen molar-refractivity contribution in [2.24, 2.45) is 0 Å². The van der Waals surface area contributed by atoms with E-state index >= 15 is 4.39 Å². The Labute approximate surface area is 187 Å². The predicted molar refractivity (Wildman–Crippen MR) is 114 cm³/mol. The Hall–Kier alpha value is -2.39. The Kier molecular flexibility index (Phi) is 6.85. The fourth-order valence-corrected chi connectivity index (χ4v) is 6.34. The molecule has 1 aromatic carbocycles. The highest BCUT2D eigenvalue weighted by Crippen LogP contribution is 2.65. The highest BCUT2D eigenvalue weighted by Gasteiger charge is 2.61. The van der Waals surface area contributed by atoms with Crippen molar-refractivity contribution in [1.82, 2.24) is 9.55 Å². The molecule has 10 nitrogen and oxygen atoms in total. The van der Waals surface area contributed by atoms with E-state index in [4.69, 9.17) is 18.8 Å². The van der Waals surface area contributed by atoms with Crippen molar-refractivity contribution in [3.63, 3.8) is 0 Å². The first-order valence-electron chi connectivity index (χ1n) is 9.61. The zero-order chi connectivity index (χ0) is 22.7. The van der Waals surface area contributed by atoms with E-state index in [1.54, 1.807) is 30.3 Å². The summed E-state index contributed by atoms with van der Waals surface area (Å²) in [5, 5.41) is 9.68. The lowest BCUT2D eigenvalue weighted by atomic mass is 10.1. The standard InChI is InChI=1S/C19H18FN4O6PS/c20-15-16-13(11-29-31(27,30-16)28-10-4-8-21)32-18(15)24-9-7-14(23-19(24)26)22-17(25)12-5-2-1-3-6-12/h1-3,5-7,9,13,15-16,18,27H,4,10-11H2/p+1/t13-,15+,16-,18-,31?/m1/s1. The summed E-state index contributed by atoms with van der Waals surface area (Å²) in [5.41, 5.74) is -0.339. The number of hydrogen-bond donors (Lipinski definition) is 2. The molecule has 1 aromatic heterocycles. The molecule has 4 rings (SSSR count). The molecule has 0 bridgehead atoms. The highest BCUT2D eigenvalue weighted by molar-refractivity contribution is 8.00. The zero-order valence-corrected chi connectivity index (χ0v) is 18.2. The maximum absolute atomic E-state index is 15.2. The molecule has 3 heterocycles. The number of alkyl halides is 1. The molecular formula is C19H19FN4O6PS+. The van der Waals surface area contributed by atoms with Crippen LogP contribution in [-0.2, 0) is 13.6 Å². The average molecular weight is 481 g/mol. The molecular weight excluding hydrogens is 462 g/mol. The van der Waals surface area contributed by atoms with Crippen LogP contribution in [0.1, 0.15) is 22.2 Å². The van der Waals surface area contributed by atoms with Gasteiger partial charge in [0.05, 0.1) is 17.7 Å². The van der Waals surface area contributed by atoms with Gasteiger partial charge in [-0.1, -0.05) is 18.2 Å². The van der Waals surface area contributed by atoms with Crippen LogP contribution in [0.5, 0.6) is 0 Å². The zero-order valence-electron chi connectivity index (χ0n) is 16.5. The SMILES string of the molecule is N#CCCO[P+]1(O)OC[C@H]2S[C@@H](n3ccc(NC(=O)c4ccccc4)nc3=O)[C@@H](F)[C@@H]2O1. The second-order valence-corrected chi connectivity index (χ2v) is 9.93. The molecule has 5 atom stereocenters. The van der Waals surface area contributed by atoms with Crippen LogP contribution in [0.2, 0.25) is 0 Å². The van der Waals surface area contributed by atoms with Crippen LogP contribution in [0.25, 0.3) is 0 Å². The maximum atomic E-state index is 15.2. The molecule has 2 saturated heterocycles. The second-order valence-electron chi connectivity index (χ2n) is 6.91. The van der Waals surface area contributed by atoms with Crippen molar-refractivity contribution in [3.8, 4) is 6.07 Å². The molecule has 0 spiro atoms. The first kappa shape index (κ1) is 22.8. The normalized spacial score (nSPS) is 29.2. The number of benzene rings is 1. The lowest BCUT2D eigenvalue weighted by Crippen LogP contribution is -2.39. The van der Waals surface area contributed by atoms with Crippen LogP contribution < -0.4 is 11.0 Å². The number of thioether (sulfide) groups is 1. The summed E-state index contributed by atoms with van der Waals surface area (Å²) >= 11 is 1.13. The lowest BCUT2D eigenvalue weighted by Gasteiger charge is -2.27. The third-order valence-electron chi connectivity index (χ3n) is 4.77. The lowest BCUT2D eigenvalue weighted by molar-refractivity contribution is -0.0184. The van der Waals surface area contributed by atoms with E-state index in [-0.39, 0.29) is 25.5 Å². The minimum atomic E-state index is -3.74. The molecule has 1 unspecified atom stereocenters. The minimum absolute atomic E-state index is 0.0216. The Morgan fingerprint density at radius 1 is 1.44 bits per heavy atom. The predicted octanol–water partition coefficient (Wildman–Crippen LogP) is 2.46. The number of rotatable bonds is 6. The molecule has 0 radical (unpaired) electrons. The summed E-state index contributed by atoms with van der Waals surface area (Å²) in [6, 6.07) is 11.7. The molecule has 2 N–H and O–H groups in total. The van der Waals surface area contributed by atoms with E-state index in [0.29, 0.717) is 5.56 Å². The van der Waals surface area contributed by atoms with Crippen molar-refractivity contribution in [1.29, 1.82) is 5.26 Å². The van der Waals surface area contributed by atoms with Crippen LogP contribution in [0.4, 0.5) is 10.2 Å². The maximum Gasteiger partial charge on any atom is 0.573 e. The summed E-state index contributed by atoms with van der Waals surface area (Å²) < 4.78 is 32.1. The number of fused-ring (bicyclic) bond motifs is 1. The number of anilines is 1. The van der Waals surface area contributed by atoms with Crippen LogP contribution in [-0.4, -0.2) is 51.1 Å². The molecule has 2 fully saturated rings. The van der Waals surface area contributed by atoms with Crippen LogP contribution in [0.3, 0.4) is 0 Å². The van der Waals surface area contributed by atoms with Crippen molar-refractivity contribution in [3.05, 3.63) is 58.6 Å². The first-order chi connectivity index (χ1) is 15.4. The van der Waals surface area contributed by atoms with Gasteiger partial charge in [-0.3, -0.25) is 9.36 Å². The topological polar surface area (TPSA) is 136 Å². The molecule has 13 heteroatoms. The molecule has 0 saturated carbocycles. The van der Waals surface area contributed by atoms with E-state index in [9.17, 15) is 14.5 Å². The van der Waals surface area contributed by atoms with Gasteiger partial charge in [0.25, 0.3) is 5.91 Å². The highest BCUT2D eigenvalue weighted by atomic mass is 32.2. The number of amides is 1. The summed E-state index contributed by atoms with van der Waals surface area (Å²) in [6.45, 7) is -0.137. The van der Waals surface area contributed by atoms with E-state index in [1.807, 2.05) is 6.07 Å². The Bertz CT molecular complexity index is 1090. The quantitative estimate of drug-likeness (QED) is 0.471. The number of nitrogens with zero attached hydrogens (tertiary/aromatic N) is 3. The van der Waals surface area contributed by atoms with Gasteiger partial charge in [0.2, 0.25) is 0 Å². The fourth-order valence-electron chi connectivity index (χ4n) is 3.26. The first-order valence-corrected chi connectivity index (χ1v) is 12.1. The van der Waals surface area contributed by atoms with Crippen molar-refractivity contribution in [2.75, 3.05) is 18.5 Å². The van der Waals surface area contributed by atoms with Crippen molar-refractivity contribution >= 4 is 31.7 Å². The third kappa shape index (κ3) is 4.83. The molecule has 1 amide bonds. The number of hydrogen-bond acceptors (Lipinski definition) is 9. The van der Waals surface area contributed by atoms with Gasteiger partial charge >= 0.3 is 13.9 Å². The summed E-state index contributed by atoms with van der Waals surface area (Å²) in [6.07, 6.45) is -1.33. The van der Waals surface area contributed by atoms with Crippen LogP contribution in [0, 0.1) is 11.3 Å². The molecule has 32 heavy (non-hydrogen) atoms. The van der Waals surface area contributed by atoms with Gasteiger partial charge in [-0.2, -0.15) is 24.2 Å². The number of halogens is 1. The Balaban J connectivity index is 1.45. The Morgan fingerprint density at radius 2 is 2.22 bits per heavy atom. The summed E-state index contributed by atoms with van der Waals surface area (Å²) in [4.78, 5) is 39.0. The van der Waals surface area contributed by atoms with Gasteiger partial charge in [0, 0.05) is 11.8 Å². The number of nitriles is 1. The van der Waals surface area contributed by atoms with Crippen LogP contribution in [0.15, 0.2) is 47.4 Å². The van der Waals surface area contributed by atoms with E-state index < -0.39 is 42.7 Å².